The Hall–Kier alpha value is -1.16. The van der Waals surface area contributed by atoms with Gasteiger partial charge in [-0.1, -0.05) is 20.8 Å². The number of halogens is 2. The van der Waals surface area contributed by atoms with Crippen LogP contribution in [-0.2, 0) is 6.54 Å². The lowest BCUT2D eigenvalue weighted by atomic mass is 10.1. The first-order valence-electron chi connectivity index (χ1n) is 7.36. The lowest BCUT2D eigenvalue weighted by molar-refractivity contribution is 0.270. The van der Waals surface area contributed by atoms with E-state index in [1.54, 1.807) is 0 Å². The van der Waals surface area contributed by atoms with Crippen LogP contribution in [0.4, 0.5) is 8.78 Å². The third-order valence-electron chi connectivity index (χ3n) is 2.99. The summed E-state index contributed by atoms with van der Waals surface area (Å²) in [7, 11) is 0. The van der Waals surface area contributed by atoms with Crippen LogP contribution in [0, 0.1) is 17.6 Å². The number of benzene rings is 1. The van der Waals surface area contributed by atoms with Gasteiger partial charge in [0.15, 0.2) is 17.4 Å². The molecule has 0 radical (unpaired) electrons. The third kappa shape index (κ3) is 5.87. The fourth-order valence-corrected chi connectivity index (χ4v) is 1.93. The zero-order valence-corrected chi connectivity index (χ0v) is 12.6. The summed E-state index contributed by atoms with van der Waals surface area (Å²) in [6, 6.07) is 2.67. The molecule has 0 amide bonds. The number of hydrogen-bond donors (Lipinski definition) is 1. The molecular weight excluding hydrogens is 260 g/mol. The van der Waals surface area contributed by atoms with E-state index in [-0.39, 0.29) is 5.75 Å². The van der Waals surface area contributed by atoms with Crippen LogP contribution < -0.4 is 10.1 Å². The SMILES string of the molecule is CCCNCc1cc(F)c(OCCCC(C)C)c(F)c1. The van der Waals surface area contributed by atoms with Crippen molar-refractivity contribution >= 4 is 0 Å². The van der Waals surface area contributed by atoms with Crippen molar-refractivity contribution in [3.8, 4) is 5.75 Å². The molecule has 0 saturated heterocycles. The molecular formula is C16H25F2NO. The lowest BCUT2D eigenvalue weighted by Gasteiger charge is -2.11. The standard InChI is InChI=1S/C16H25F2NO/c1-4-7-19-11-13-9-14(17)16(15(18)10-13)20-8-5-6-12(2)3/h9-10,12,19H,4-8,11H2,1-3H3. The van der Waals surface area contributed by atoms with Gasteiger partial charge in [0.2, 0.25) is 0 Å². The zero-order chi connectivity index (χ0) is 15.0. The van der Waals surface area contributed by atoms with Gasteiger partial charge in [0.05, 0.1) is 6.61 Å². The van der Waals surface area contributed by atoms with Crippen molar-refractivity contribution < 1.29 is 13.5 Å². The van der Waals surface area contributed by atoms with Gasteiger partial charge >= 0.3 is 0 Å². The van der Waals surface area contributed by atoms with Crippen LogP contribution in [0.5, 0.6) is 5.75 Å². The maximum atomic E-state index is 13.8. The first-order chi connectivity index (χ1) is 9.54. The second-order valence-corrected chi connectivity index (χ2v) is 5.45. The highest BCUT2D eigenvalue weighted by Gasteiger charge is 2.12. The van der Waals surface area contributed by atoms with Crippen LogP contribution >= 0.6 is 0 Å². The van der Waals surface area contributed by atoms with E-state index < -0.39 is 11.6 Å². The van der Waals surface area contributed by atoms with Gasteiger partial charge in [-0.3, -0.25) is 0 Å². The largest absolute Gasteiger partial charge is 0.488 e. The highest BCUT2D eigenvalue weighted by Crippen LogP contribution is 2.23. The molecule has 2 nitrogen and oxygen atoms in total. The molecule has 114 valence electrons. The van der Waals surface area contributed by atoms with E-state index in [9.17, 15) is 8.78 Å². The summed E-state index contributed by atoms with van der Waals surface area (Å²) in [6.45, 7) is 7.91. The molecule has 0 aromatic heterocycles. The molecule has 0 aliphatic rings. The Balaban J connectivity index is 2.55. The van der Waals surface area contributed by atoms with Crippen molar-refractivity contribution in [2.75, 3.05) is 13.2 Å². The Morgan fingerprint density at radius 2 is 1.85 bits per heavy atom. The summed E-state index contributed by atoms with van der Waals surface area (Å²) >= 11 is 0. The Bertz CT molecular complexity index is 384. The van der Waals surface area contributed by atoms with E-state index in [0.717, 1.165) is 25.8 Å². The fourth-order valence-electron chi connectivity index (χ4n) is 1.93. The van der Waals surface area contributed by atoms with E-state index in [0.29, 0.717) is 24.6 Å². The zero-order valence-electron chi connectivity index (χ0n) is 12.6. The summed E-state index contributed by atoms with van der Waals surface area (Å²) < 4.78 is 32.9. The maximum absolute atomic E-state index is 13.8. The molecule has 0 saturated carbocycles. The van der Waals surface area contributed by atoms with Crippen LogP contribution in [0.2, 0.25) is 0 Å². The van der Waals surface area contributed by atoms with Crippen molar-refractivity contribution in [1.82, 2.24) is 5.32 Å². The maximum Gasteiger partial charge on any atom is 0.190 e. The first-order valence-corrected chi connectivity index (χ1v) is 7.36. The number of rotatable bonds is 9. The molecule has 0 unspecified atom stereocenters. The predicted octanol–water partition coefficient (Wildman–Crippen LogP) is 4.28. The molecule has 1 N–H and O–H groups in total. The lowest BCUT2D eigenvalue weighted by Crippen LogP contribution is -2.14. The quantitative estimate of drug-likeness (QED) is 0.684. The van der Waals surface area contributed by atoms with E-state index in [1.807, 2.05) is 6.92 Å². The molecule has 0 heterocycles. The Kier molecular flexibility index (Phi) is 7.52. The minimum Gasteiger partial charge on any atom is -0.488 e. The molecule has 0 atom stereocenters. The van der Waals surface area contributed by atoms with Crippen LogP contribution in [0.1, 0.15) is 45.6 Å². The minimum absolute atomic E-state index is 0.256. The van der Waals surface area contributed by atoms with Crippen molar-refractivity contribution in [3.63, 3.8) is 0 Å². The topological polar surface area (TPSA) is 21.3 Å². The molecule has 1 aromatic carbocycles. The van der Waals surface area contributed by atoms with Crippen LogP contribution in [0.3, 0.4) is 0 Å². The summed E-state index contributed by atoms with van der Waals surface area (Å²) in [4.78, 5) is 0. The third-order valence-corrected chi connectivity index (χ3v) is 2.99. The molecule has 0 aliphatic heterocycles. The van der Waals surface area contributed by atoms with Crippen molar-refractivity contribution in [2.24, 2.45) is 5.92 Å². The normalized spacial score (nSPS) is 11.1. The molecule has 0 spiro atoms. The van der Waals surface area contributed by atoms with Crippen molar-refractivity contribution in [2.45, 2.75) is 46.6 Å². The average molecular weight is 285 g/mol. The minimum atomic E-state index is -0.622. The second-order valence-electron chi connectivity index (χ2n) is 5.45. The summed E-state index contributed by atoms with van der Waals surface area (Å²) in [6.07, 6.45) is 2.78. The highest BCUT2D eigenvalue weighted by atomic mass is 19.1. The van der Waals surface area contributed by atoms with Gasteiger partial charge in [0, 0.05) is 6.54 Å². The van der Waals surface area contributed by atoms with E-state index in [2.05, 4.69) is 19.2 Å². The molecule has 1 aromatic rings. The highest BCUT2D eigenvalue weighted by molar-refractivity contribution is 5.31. The summed E-state index contributed by atoms with van der Waals surface area (Å²) in [5, 5.41) is 3.12. The average Bonchev–Trinajstić information content (AvgIpc) is 2.37. The molecule has 0 fully saturated rings. The number of hydrogen-bond acceptors (Lipinski definition) is 2. The summed E-state index contributed by atoms with van der Waals surface area (Å²) in [5.41, 5.74) is 0.600. The predicted molar refractivity (Wildman–Crippen MR) is 77.9 cm³/mol. The number of ether oxygens (including phenoxy) is 1. The Morgan fingerprint density at radius 3 is 2.40 bits per heavy atom. The first kappa shape index (κ1) is 16.9. The van der Waals surface area contributed by atoms with E-state index in [4.69, 9.17) is 4.74 Å². The Morgan fingerprint density at radius 1 is 1.20 bits per heavy atom. The monoisotopic (exact) mass is 285 g/mol. The molecule has 1 rings (SSSR count). The second kappa shape index (κ2) is 8.90. The van der Waals surface area contributed by atoms with Gasteiger partial charge in [-0.05, 0) is 49.4 Å². The fraction of sp³-hybridized carbons (Fsp3) is 0.625. The van der Waals surface area contributed by atoms with Gasteiger partial charge in [0.25, 0.3) is 0 Å². The molecule has 0 bridgehead atoms. The van der Waals surface area contributed by atoms with Gasteiger partial charge in [-0.25, -0.2) is 8.78 Å². The van der Waals surface area contributed by atoms with Gasteiger partial charge < -0.3 is 10.1 Å². The van der Waals surface area contributed by atoms with Gasteiger partial charge in [0.1, 0.15) is 0 Å². The smallest absolute Gasteiger partial charge is 0.190 e. The van der Waals surface area contributed by atoms with Crippen molar-refractivity contribution in [3.05, 3.63) is 29.3 Å². The Labute approximate surface area is 120 Å². The molecule has 0 aliphatic carbocycles. The molecule has 20 heavy (non-hydrogen) atoms. The van der Waals surface area contributed by atoms with Crippen LogP contribution in [-0.4, -0.2) is 13.2 Å². The van der Waals surface area contributed by atoms with Gasteiger partial charge in [-0.15, -0.1) is 0 Å². The van der Waals surface area contributed by atoms with E-state index in [1.165, 1.54) is 12.1 Å². The van der Waals surface area contributed by atoms with Gasteiger partial charge in [-0.2, -0.15) is 0 Å². The number of nitrogens with one attached hydrogen (secondary N) is 1. The van der Waals surface area contributed by atoms with Crippen LogP contribution in [0.15, 0.2) is 12.1 Å². The molecule has 4 heteroatoms. The van der Waals surface area contributed by atoms with Crippen LogP contribution in [0.25, 0.3) is 0 Å². The van der Waals surface area contributed by atoms with E-state index >= 15 is 0 Å². The van der Waals surface area contributed by atoms with Crippen molar-refractivity contribution in [1.29, 1.82) is 0 Å². The summed E-state index contributed by atoms with van der Waals surface area (Å²) in [5.74, 6) is -0.931.